The number of unbranched alkanes of at least 4 members (excludes halogenated alkanes) is 1. The Balaban J connectivity index is 1.36. The highest BCUT2D eigenvalue weighted by molar-refractivity contribution is 6.13. The van der Waals surface area contributed by atoms with E-state index < -0.39 is 11.9 Å². The van der Waals surface area contributed by atoms with Gasteiger partial charge in [0, 0.05) is 21.5 Å². The van der Waals surface area contributed by atoms with E-state index in [0.29, 0.717) is 0 Å². The van der Waals surface area contributed by atoms with E-state index in [0.717, 1.165) is 80.8 Å². The van der Waals surface area contributed by atoms with E-state index >= 15 is 0 Å². The Morgan fingerprint density at radius 1 is 0.620 bits per heavy atom. The summed E-state index contributed by atoms with van der Waals surface area (Å²) >= 11 is 0. The van der Waals surface area contributed by atoms with Gasteiger partial charge >= 0.3 is 11.9 Å². The number of aromatic nitrogens is 4. The molecule has 0 aliphatic heterocycles. The zero-order chi connectivity index (χ0) is 34.4. The Morgan fingerprint density at radius 3 is 1.62 bits per heavy atom. The highest BCUT2D eigenvalue weighted by Crippen LogP contribution is 2.39. The first-order valence-electron chi connectivity index (χ1n) is 16.8. The van der Waals surface area contributed by atoms with E-state index in [1.807, 2.05) is 37.4 Å². The standard InChI is InChI=1S/C42H37N4O4/c1-43-22-23-44(27-43)21-11-10-12-28-19-20-38-32(24-28)31-15-6-9-18-37(31)46(38)40-26-34(42(48)50-3)33(41(47)49-2)25-39(40)45-35-16-7-4-13-29(35)30-14-5-8-17-36(30)45/h4-9,13-20,22-27H,10-12,21H2,1-3H3/q+1. The number of ether oxygens (including phenoxy) is 2. The molecule has 248 valence electrons. The molecule has 3 heterocycles. The molecule has 0 radical (unpaired) electrons. The number of hydrogen-bond donors (Lipinski definition) is 0. The Hall–Kier alpha value is -6.15. The molecule has 50 heavy (non-hydrogen) atoms. The quantitative estimate of drug-likeness (QED) is 0.0891. The zero-order valence-corrected chi connectivity index (χ0v) is 28.3. The number of hydrogen-bond acceptors (Lipinski definition) is 4. The van der Waals surface area contributed by atoms with Crippen LogP contribution in [0.25, 0.3) is 55.0 Å². The van der Waals surface area contributed by atoms with Crippen LogP contribution in [0, 0.1) is 0 Å². The Morgan fingerprint density at radius 2 is 1.12 bits per heavy atom. The fourth-order valence-electron chi connectivity index (χ4n) is 7.37. The topological polar surface area (TPSA) is 71.3 Å². The molecular weight excluding hydrogens is 624 g/mol. The normalized spacial score (nSPS) is 11.6. The van der Waals surface area contributed by atoms with Gasteiger partial charge in [0.15, 0.2) is 0 Å². The molecule has 0 aliphatic rings. The lowest BCUT2D eigenvalue weighted by Gasteiger charge is -2.19. The molecule has 8 aromatic rings. The second-order valence-electron chi connectivity index (χ2n) is 12.7. The van der Waals surface area contributed by atoms with Crippen LogP contribution in [0.2, 0.25) is 0 Å². The SMILES string of the molecule is COC(=O)c1cc(-n2c3ccccc3c3ccccc32)c(-n2c3ccccc3c3cc(CCCCn4cc[n+](C)c4)ccc32)cc1C(=O)OC. The fourth-order valence-corrected chi connectivity index (χ4v) is 7.37. The molecule has 0 spiro atoms. The lowest BCUT2D eigenvalue weighted by molar-refractivity contribution is -0.671. The van der Waals surface area contributed by atoms with Gasteiger partial charge in [0.2, 0.25) is 6.33 Å². The molecule has 0 N–H and O–H groups in total. The monoisotopic (exact) mass is 661 g/mol. The number of esters is 2. The minimum atomic E-state index is -0.614. The molecule has 8 heteroatoms. The van der Waals surface area contributed by atoms with Crippen LogP contribution in [-0.4, -0.2) is 39.9 Å². The second-order valence-corrected chi connectivity index (χ2v) is 12.7. The van der Waals surface area contributed by atoms with Crippen molar-refractivity contribution in [1.29, 1.82) is 0 Å². The van der Waals surface area contributed by atoms with Crippen molar-refractivity contribution < 1.29 is 23.6 Å². The van der Waals surface area contributed by atoms with Gasteiger partial charge in [-0.2, -0.15) is 0 Å². The number of fused-ring (bicyclic) bond motifs is 6. The number of rotatable bonds is 9. The van der Waals surface area contributed by atoms with Crippen LogP contribution < -0.4 is 4.57 Å². The van der Waals surface area contributed by atoms with Crippen molar-refractivity contribution in [3.63, 3.8) is 0 Å². The summed E-state index contributed by atoms with van der Waals surface area (Å²) in [6.07, 6.45) is 9.40. The molecule has 0 fully saturated rings. The lowest BCUT2D eigenvalue weighted by atomic mass is 10.0. The van der Waals surface area contributed by atoms with E-state index in [2.05, 4.69) is 97.7 Å². The first kappa shape index (κ1) is 31.1. The molecule has 8 rings (SSSR count). The molecule has 0 amide bonds. The van der Waals surface area contributed by atoms with Crippen LogP contribution in [0.1, 0.15) is 39.1 Å². The molecule has 8 nitrogen and oxygen atoms in total. The number of methoxy groups -OCH3 is 2. The van der Waals surface area contributed by atoms with Crippen molar-refractivity contribution >= 4 is 55.6 Å². The zero-order valence-electron chi connectivity index (χ0n) is 28.3. The van der Waals surface area contributed by atoms with Crippen LogP contribution in [0.3, 0.4) is 0 Å². The maximum atomic E-state index is 13.3. The Kier molecular flexibility index (Phi) is 7.91. The first-order chi connectivity index (χ1) is 24.5. The minimum absolute atomic E-state index is 0.136. The summed E-state index contributed by atoms with van der Waals surface area (Å²) in [5.74, 6) is -1.23. The lowest BCUT2D eigenvalue weighted by Crippen LogP contribution is -2.23. The van der Waals surface area contributed by atoms with Crippen LogP contribution in [0.4, 0.5) is 0 Å². The average Bonchev–Trinajstić information content (AvgIpc) is 3.83. The predicted molar refractivity (Wildman–Crippen MR) is 196 cm³/mol. The van der Waals surface area contributed by atoms with Gasteiger partial charge in [-0.15, -0.1) is 0 Å². The fraction of sp³-hybridized carbons (Fsp3) is 0.167. The van der Waals surface area contributed by atoms with Crippen molar-refractivity contribution in [2.24, 2.45) is 7.05 Å². The number of para-hydroxylation sites is 3. The van der Waals surface area contributed by atoms with Gasteiger partial charge in [0.1, 0.15) is 12.4 Å². The van der Waals surface area contributed by atoms with Gasteiger partial charge in [-0.1, -0.05) is 60.7 Å². The van der Waals surface area contributed by atoms with E-state index in [-0.39, 0.29) is 11.1 Å². The molecule has 0 saturated heterocycles. The highest BCUT2D eigenvalue weighted by Gasteiger charge is 2.26. The molecule has 0 atom stereocenters. The summed E-state index contributed by atoms with van der Waals surface area (Å²) in [7, 11) is 4.69. The Bertz CT molecular complexity index is 2540. The summed E-state index contributed by atoms with van der Waals surface area (Å²) in [5.41, 5.74) is 6.97. The summed E-state index contributed by atoms with van der Waals surface area (Å²) in [4.78, 5) is 26.6. The van der Waals surface area contributed by atoms with E-state index in [4.69, 9.17) is 9.47 Å². The summed E-state index contributed by atoms with van der Waals surface area (Å²) in [5, 5.41) is 4.40. The second kappa shape index (κ2) is 12.7. The number of carbonyl (C=O) groups excluding carboxylic acids is 2. The summed E-state index contributed by atoms with van der Waals surface area (Å²) in [6, 6.07) is 35.1. The number of benzene rings is 5. The van der Waals surface area contributed by atoms with Gasteiger partial charge in [-0.3, -0.25) is 0 Å². The number of aryl methyl sites for hydroxylation is 3. The third kappa shape index (κ3) is 5.20. The van der Waals surface area contributed by atoms with E-state index in [9.17, 15) is 9.59 Å². The summed E-state index contributed by atoms with van der Waals surface area (Å²) < 4.78 is 19.1. The highest BCUT2D eigenvalue weighted by atomic mass is 16.5. The predicted octanol–water partition coefficient (Wildman–Crippen LogP) is 8.10. The van der Waals surface area contributed by atoms with Crippen molar-refractivity contribution in [3.8, 4) is 11.4 Å². The number of nitrogens with zero attached hydrogens (tertiary/aromatic N) is 4. The smallest absolute Gasteiger partial charge is 0.338 e. The average molecular weight is 662 g/mol. The van der Waals surface area contributed by atoms with Gasteiger partial charge in [0.25, 0.3) is 0 Å². The van der Waals surface area contributed by atoms with Crippen LogP contribution in [-0.2, 0) is 29.5 Å². The third-order valence-corrected chi connectivity index (χ3v) is 9.68. The van der Waals surface area contributed by atoms with Gasteiger partial charge in [-0.25, -0.2) is 18.7 Å². The van der Waals surface area contributed by atoms with Crippen LogP contribution in [0.5, 0.6) is 0 Å². The number of carbonyl (C=O) groups is 2. The van der Waals surface area contributed by atoms with E-state index in [1.54, 1.807) is 12.1 Å². The largest absolute Gasteiger partial charge is 0.465 e. The van der Waals surface area contributed by atoms with Crippen molar-refractivity contribution in [2.45, 2.75) is 25.8 Å². The van der Waals surface area contributed by atoms with Crippen molar-refractivity contribution in [1.82, 2.24) is 13.7 Å². The maximum absolute atomic E-state index is 13.3. The van der Waals surface area contributed by atoms with Gasteiger partial charge in [-0.05, 0) is 67.3 Å². The number of imidazole rings is 1. The van der Waals surface area contributed by atoms with Crippen LogP contribution >= 0.6 is 0 Å². The molecular formula is C42H37N4O4+. The molecule has 0 aliphatic carbocycles. The van der Waals surface area contributed by atoms with Gasteiger partial charge in [0.05, 0.1) is 72.4 Å². The van der Waals surface area contributed by atoms with E-state index in [1.165, 1.54) is 19.8 Å². The maximum Gasteiger partial charge on any atom is 0.338 e. The van der Waals surface area contributed by atoms with Crippen molar-refractivity contribution in [3.05, 3.63) is 139 Å². The molecule has 0 bridgehead atoms. The van der Waals surface area contributed by atoms with Crippen LogP contribution in [0.15, 0.2) is 122 Å². The summed E-state index contributed by atoms with van der Waals surface area (Å²) in [6.45, 7) is 0.984. The third-order valence-electron chi connectivity index (χ3n) is 9.68. The Labute approximate surface area is 289 Å². The molecule has 0 saturated carbocycles. The van der Waals surface area contributed by atoms with Gasteiger partial charge < -0.3 is 18.6 Å². The molecule has 3 aromatic heterocycles. The van der Waals surface area contributed by atoms with Crippen molar-refractivity contribution in [2.75, 3.05) is 14.2 Å². The first-order valence-corrected chi connectivity index (χ1v) is 16.8. The molecule has 5 aromatic carbocycles. The molecule has 0 unspecified atom stereocenters. The minimum Gasteiger partial charge on any atom is -0.465 e.